The summed E-state index contributed by atoms with van der Waals surface area (Å²) >= 11 is 12.4. The van der Waals surface area contributed by atoms with Gasteiger partial charge >= 0.3 is 0 Å². The highest BCUT2D eigenvalue weighted by Gasteiger charge is 2.21. The maximum Gasteiger partial charge on any atom is 0.255 e. The molecule has 162 valence electrons. The number of ether oxygens (including phenoxy) is 1. The molecule has 0 aliphatic carbocycles. The van der Waals surface area contributed by atoms with Gasteiger partial charge in [0.1, 0.15) is 5.75 Å². The Morgan fingerprint density at radius 1 is 0.968 bits per heavy atom. The van der Waals surface area contributed by atoms with Crippen LogP contribution in [0.15, 0.2) is 66.7 Å². The van der Waals surface area contributed by atoms with Crippen LogP contribution in [0.1, 0.15) is 15.9 Å². The second kappa shape index (κ2) is 9.60. The average molecular weight is 479 g/mol. The molecule has 0 spiro atoms. The van der Waals surface area contributed by atoms with Gasteiger partial charge in [0, 0.05) is 26.9 Å². The van der Waals surface area contributed by atoms with Gasteiger partial charge in [-0.05, 0) is 60.7 Å². The Morgan fingerprint density at radius 2 is 1.55 bits per heavy atom. The van der Waals surface area contributed by atoms with E-state index in [9.17, 15) is 13.2 Å². The molecule has 31 heavy (non-hydrogen) atoms. The summed E-state index contributed by atoms with van der Waals surface area (Å²) in [5.41, 5.74) is 1.88. The molecule has 0 saturated carbocycles. The topological polar surface area (TPSA) is 75.7 Å². The van der Waals surface area contributed by atoms with Crippen molar-refractivity contribution in [2.45, 2.75) is 6.54 Å². The lowest BCUT2D eigenvalue weighted by atomic mass is 10.1. The van der Waals surface area contributed by atoms with E-state index in [0.717, 1.165) is 6.26 Å². The molecule has 1 N–H and O–H groups in total. The van der Waals surface area contributed by atoms with Crippen LogP contribution in [-0.2, 0) is 16.6 Å². The van der Waals surface area contributed by atoms with E-state index in [-0.39, 0.29) is 12.5 Å². The van der Waals surface area contributed by atoms with E-state index in [4.69, 9.17) is 27.9 Å². The second-order valence-corrected chi connectivity index (χ2v) is 9.42. The number of nitrogens with zero attached hydrogens (tertiary/aromatic N) is 1. The lowest BCUT2D eigenvalue weighted by Gasteiger charge is -2.23. The van der Waals surface area contributed by atoms with Crippen LogP contribution in [0.3, 0.4) is 0 Å². The van der Waals surface area contributed by atoms with Crippen molar-refractivity contribution in [3.05, 3.63) is 87.9 Å². The standard InChI is InChI=1S/C22H20Cl2N2O4S/c1-30-18-12-8-16(9-13-18)25-22(27)15-6-10-17(11-7-15)26(31(2,28)29)14-19-20(23)4-3-5-21(19)24/h3-13H,14H2,1-2H3,(H,25,27). The SMILES string of the molecule is COc1ccc(NC(=O)c2ccc(N(Cc3c(Cl)cccc3Cl)S(C)(=O)=O)cc2)cc1. The van der Waals surface area contributed by atoms with Gasteiger partial charge < -0.3 is 10.1 Å². The first-order valence-electron chi connectivity index (χ1n) is 9.15. The minimum Gasteiger partial charge on any atom is -0.497 e. The zero-order chi connectivity index (χ0) is 22.6. The molecule has 1 amide bonds. The monoisotopic (exact) mass is 478 g/mol. The lowest BCUT2D eigenvalue weighted by Crippen LogP contribution is -2.29. The number of halogens is 2. The van der Waals surface area contributed by atoms with Gasteiger partial charge in [-0.3, -0.25) is 9.10 Å². The molecular weight excluding hydrogens is 459 g/mol. The van der Waals surface area contributed by atoms with Crippen molar-refractivity contribution in [3.63, 3.8) is 0 Å². The molecule has 6 nitrogen and oxygen atoms in total. The number of amides is 1. The van der Waals surface area contributed by atoms with Crippen LogP contribution in [0.2, 0.25) is 10.0 Å². The third-order valence-corrected chi connectivity index (χ3v) is 6.38. The lowest BCUT2D eigenvalue weighted by molar-refractivity contribution is 0.102. The van der Waals surface area contributed by atoms with Gasteiger partial charge in [-0.15, -0.1) is 0 Å². The minimum atomic E-state index is -3.63. The molecule has 0 aliphatic rings. The van der Waals surface area contributed by atoms with Crippen molar-refractivity contribution in [2.24, 2.45) is 0 Å². The Balaban J connectivity index is 1.81. The predicted octanol–water partition coefficient (Wildman–Crippen LogP) is 5.22. The van der Waals surface area contributed by atoms with Crippen molar-refractivity contribution in [3.8, 4) is 5.75 Å². The molecule has 3 rings (SSSR count). The van der Waals surface area contributed by atoms with Gasteiger partial charge in [-0.25, -0.2) is 8.42 Å². The number of hydrogen-bond acceptors (Lipinski definition) is 4. The van der Waals surface area contributed by atoms with Crippen LogP contribution in [0.5, 0.6) is 5.75 Å². The number of rotatable bonds is 7. The van der Waals surface area contributed by atoms with Crippen LogP contribution in [0.4, 0.5) is 11.4 Å². The predicted molar refractivity (Wildman–Crippen MR) is 125 cm³/mol. The van der Waals surface area contributed by atoms with Gasteiger partial charge in [0.15, 0.2) is 0 Å². The summed E-state index contributed by atoms with van der Waals surface area (Å²) in [4.78, 5) is 12.5. The Labute approximate surface area is 191 Å². The van der Waals surface area contributed by atoms with Gasteiger partial charge in [-0.1, -0.05) is 29.3 Å². The summed E-state index contributed by atoms with van der Waals surface area (Å²) in [5.74, 6) is 0.360. The number of carbonyl (C=O) groups excluding carboxylic acids is 1. The molecule has 0 heterocycles. The Kier molecular flexibility index (Phi) is 7.10. The quantitative estimate of drug-likeness (QED) is 0.504. The zero-order valence-corrected chi connectivity index (χ0v) is 19.1. The maximum absolute atomic E-state index is 12.5. The van der Waals surface area contributed by atoms with E-state index in [1.54, 1.807) is 73.8 Å². The van der Waals surface area contributed by atoms with Gasteiger partial charge in [0.2, 0.25) is 10.0 Å². The molecule has 0 aromatic heterocycles. The summed E-state index contributed by atoms with van der Waals surface area (Å²) in [7, 11) is -2.07. The molecule has 0 saturated heterocycles. The van der Waals surface area contributed by atoms with Crippen LogP contribution in [0, 0.1) is 0 Å². The molecule has 0 bridgehead atoms. The third kappa shape index (κ3) is 5.70. The molecule has 3 aromatic carbocycles. The molecule has 0 atom stereocenters. The van der Waals surface area contributed by atoms with E-state index < -0.39 is 10.0 Å². The van der Waals surface area contributed by atoms with Crippen LogP contribution in [0.25, 0.3) is 0 Å². The average Bonchev–Trinajstić information content (AvgIpc) is 2.73. The molecule has 0 radical (unpaired) electrons. The van der Waals surface area contributed by atoms with Gasteiger partial charge in [0.25, 0.3) is 5.91 Å². The van der Waals surface area contributed by atoms with Crippen molar-refractivity contribution in [2.75, 3.05) is 23.0 Å². The highest BCUT2D eigenvalue weighted by atomic mass is 35.5. The molecule has 0 aliphatic heterocycles. The number of hydrogen-bond donors (Lipinski definition) is 1. The summed E-state index contributed by atoms with van der Waals surface area (Å²) < 4.78 is 31.1. The third-order valence-electron chi connectivity index (χ3n) is 4.53. The summed E-state index contributed by atoms with van der Waals surface area (Å²) in [6, 6.07) is 18.2. The number of sulfonamides is 1. The summed E-state index contributed by atoms with van der Waals surface area (Å²) in [6.07, 6.45) is 1.10. The van der Waals surface area contributed by atoms with Crippen molar-refractivity contribution in [1.82, 2.24) is 0 Å². The number of nitrogens with one attached hydrogen (secondary N) is 1. The van der Waals surface area contributed by atoms with Crippen molar-refractivity contribution >= 4 is 50.5 Å². The summed E-state index contributed by atoms with van der Waals surface area (Å²) in [6.45, 7) is -0.0330. The smallest absolute Gasteiger partial charge is 0.255 e. The van der Waals surface area contributed by atoms with Crippen LogP contribution < -0.4 is 14.4 Å². The number of carbonyl (C=O) groups is 1. The fourth-order valence-corrected chi connectivity index (χ4v) is 4.27. The Hall–Kier alpha value is -2.74. The van der Waals surface area contributed by atoms with Crippen LogP contribution in [-0.4, -0.2) is 27.7 Å². The van der Waals surface area contributed by atoms with E-state index in [1.165, 1.54) is 4.31 Å². The van der Waals surface area contributed by atoms with E-state index in [0.29, 0.717) is 38.3 Å². The number of anilines is 2. The molecule has 9 heteroatoms. The molecule has 0 unspecified atom stereocenters. The maximum atomic E-state index is 12.5. The first-order valence-corrected chi connectivity index (χ1v) is 11.8. The molecular formula is C22H20Cl2N2O4S. The first-order chi connectivity index (χ1) is 14.7. The van der Waals surface area contributed by atoms with Crippen molar-refractivity contribution < 1.29 is 17.9 Å². The Bertz CT molecular complexity index is 1160. The highest BCUT2D eigenvalue weighted by molar-refractivity contribution is 7.92. The first kappa shape index (κ1) is 22.9. The van der Waals surface area contributed by atoms with Gasteiger partial charge in [-0.2, -0.15) is 0 Å². The molecule has 0 fully saturated rings. The number of benzene rings is 3. The Morgan fingerprint density at radius 3 is 2.06 bits per heavy atom. The van der Waals surface area contributed by atoms with E-state index in [1.807, 2.05) is 0 Å². The molecule has 3 aromatic rings. The second-order valence-electron chi connectivity index (χ2n) is 6.70. The number of methoxy groups -OCH3 is 1. The van der Waals surface area contributed by atoms with Gasteiger partial charge in [0.05, 0.1) is 25.6 Å². The van der Waals surface area contributed by atoms with Crippen molar-refractivity contribution in [1.29, 1.82) is 0 Å². The zero-order valence-electron chi connectivity index (χ0n) is 16.8. The van der Waals surface area contributed by atoms with Crippen LogP contribution >= 0.6 is 23.2 Å². The minimum absolute atomic E-state index is 0.0330. The fourth-order valence-electron chi connectivity index (χ4n) is 2.88. The summed E-state index contributed by atoms with van der Waals surface area (Å²) in [5, 5.41) is 3.53. The van der Waals surface area contributed by atoms with E-state index in [2.05, 4.69) is 5.32 Å². The highest BCUT2D eigenvalue weighted by Crippen LogP contribution is 2.29. The fraction of sp³-hybridized carbons (Fsp3) is 0.136. The normalized spacial score (nSPS) is 11.1. The largest absolute Gasteiger partial charge is 0.497 e. The van der Waals surface area contributed by atoms with E-state index >= 15 is 0 Å².